The van der Waals surface area contributed by atoms with Crippen LogP contribution in [0.3, 0.4) is 0 Å². The lowest BCUT2D eigenvalue weighted by Gasteiger charge is -2.04. The van der Waals surface area contributed by atoms with Gasteiger partial charge in [0.05, 0.1) is 12.4 Å². The van der Waals surface area contributed by atoms with Crippen LogP contribution in [0.25, 0.3) is 0 Å². The molecule has 0 radical (unpaired) electrons. The van der Waals surface area contributed by atoms with Gasteiger partial charge in [-0.2, -0.15) is 0 Å². The number of carbonyl (C=O) groups is 1. The standard InChI is InChI=1S/C15H18ClN3O2S3/c1-2-7-17-13(20)10-23-15-19-18-14(24-15)22-9-8-21-12-5-3-11(16)4-6-12/h3-6H,2,7-10H2,1H3,(H,17,20). The maximum atomic E-state index is 11.5. The molecule has 1 heterocycles. The molecule has 0 fully saturated rings. The Morgan fingerprint density at radius 1 is 1.25 bits per heavy atom. The van der Waals surface area contributed by atoms with Gasteiger partial charge in [-0.3, -0.25) is 4.79 Å². The van der Waals surface area contributed by atoms with Crippen molar-refractivity contribution in [2.75, 3.05) is 24.7 Å². The van der Waals surface area contributed by atoms with Gasteiger partial charge in [-0.25, -0.2) is 0 Å². The third kappa shape index (κ3) is 7.29. The third-order valence-corrected chi connectivity index (χ3v) is 6.08. The van der Waals surface area contributed by atoms with E-state index in [1.807, 2.05) is 19.1 Å². The van der Waals surface area contributed by atoms with Gasteiger partial charge in [-0.15, -0.1) is 10.2 Å². The first kappa shape index (κ1) is 19.4. The molecule has 2 aromatic rings. The monoisotopic (exact) mass is 403 g/mol. The highest BCUT2D eigenvalue weighted by atomic mass is 35.5. The summed E-state index contributed by atoms with van der Waals surface area (Å²) in [6.45, 7) is 3.32. The molecule has 0 aliphatic rings. The van der Waals surface area contributed by atoms with Crippen LogP contribution in [0.15, 0.2) is 32.9 Å². The first-order valence-corrected chi connectivity index (χ1v) is 10.6. The second-order valence-electron chi connectivity index (χ2n) is 4.62. The summed E-state index contributed by atoms with van der Waals surface area (Å²) in [5.41, 5.74) is 0. The molecule has 0 saturated carbocycles. The second-order valence-corrected chi connectivity index (χ2v) is 8.60. The van der Waals surface area contributed by atoms with Gasteiger partial charge in [0.15, 0.2) is 8.68 Å². The van der Waals surface area contributed by atoms with E-state index in [2.05, 4.69) is 15.5 Å². The Bertz CT molecular complexity index is 637. The Hall–Kier alpha value is -0.960. The van der Waals surface area contributed by atoms with Gasteiger partial charge in [0.1, 0.15) is 5.75 Å². The molecule has 0 saturated heterocycles. The van der Waals surface area contributed by atoms with Crippen molar-refractivity contribution in [2.24, 2.45) is 0 Å². The normalized spacial score (nSPS) is 10.6. The molecule has 9 heteroatoms. The number of thioether (sulfide) groups is 2. The number of aromatic nitrogens is 2. The van der Waals surface area contributed by atoms with Gasteiger partial charge in [-0.05, 0) is 30.7 Å². The molecule has 0 bridgehead atoms. The molecule has 0 aliphatic carbocycles. The molecule has 0 unspecified atom stereocenters. The predicted molar refractivity (Wildman–Crippen MR) is 102 cm³/mol. The lowest BCUT2D eigenvalue weighted by atomic mass is 10.3. The van der Waals surface area contributed by atoms with Crippen molar-refractivity contribution >= 4 is 52.4 Å². The number of nitrogens with zero attached hydrogens (tertiary/aromatic N) is 2. The van der Waals surface area contributed by atoms with E-state index in [9.17, 15) is 4.79 Å². The van der Waals surface area contributed by atoms with Gasteiger partial charge in [0.25, 0.3) is 0 Å². The largest absolute Gasteiger partial charge is 0.493 e. The highest BCUT2D eigenvalue weighted by molar-refractivity contribution is 8.03. The van der Waals surface area contributed by atoms with Crippen molar-refractivity contribution in [3.63, 3.8) is 0 Å². The fourth-order valence-electron chi connectivity index (χ4n) is 1.58. The maximum absolute atomic E-state index is 11.5. The topological polar surface area (TPSA) is 64.1 Å². The van der Waals surface area contributed by atoms with E-state index < -0.39 is 0 Å². The molecule has 0 atom stereocenters. The Labute approximate surface area is 158 Å². The molecule has 0 spiro atoms. The number of hydrogen-bond donors (Lipinski definition) is 1. The van der Waals surface area contributed by atoms with Crippen LogP contribution in [0.1, 0.15) is 13.3 Å². The van der Waals surface area contributed by atoms with Gasteiger partial charge < -0.3 is 10.1 Å². The molecule has 24 heavy (non-hydrogen) atoms. The molecule has 1 aromatic carbocycles. The SMILES string of the molecule is CCCNC(=O)CSc1nnc(SCCOc2ccc(Cl)cc2)s1. The highest BCUT2D eigenvalue weighted by Crippen LogP contribution is 2.28. The van der Waals surface area contributed by atoms with E-state index in [0.29, 0.717) is 23.9 Å². The lowest BCUT2D eigenvalue weighted by Crippen LogP contribution is -2.25. The second kappa shape index (κ2) is 10.8. The lowest BCUT2D eigenvalue weighted by molar-refractivity contribution is -0.118. The molecule has 1 aromatic heterocycles. The van der Waals surface area contributed by atoms with Crippen LogP contribution < -0.4 is 10.1 Å². The summed E-state index contributed by atoms with van der Waals surface area (Å²) in [5, 5.41) is 11.7. The van der Waals surface area contributed by atoms with Crippen LogP contribution in [0.2, 0.25) is 5.02 Å². The van der Waals surface area contributed by atoms with Gasteiger partial charge in [0, 0.05) is 17.3 Å². The smallest absolute Gasteiger partial charge is 0.230 e. The van der Waals surface area contributed by atoms with Crippen LogP contribution in [-0.2, 0) is 4.79 Å². The fraction of sp³-hybridized carbons (Fsp3) is 0.400. The van der Waals surface area contributed by atoms with E-state index in [0.717, 1.165) is 26.6 Å². The number of nitrogens with one attached hydrogen (secondary N) is 1. The summed E-state index contributed by atoms with van der Waals surface area (Å²) >= 11 is 10.3. The first-order chi connectivity index (χ1) is 11.7. The number of halogens is 1. The number of carbonyl (C=O) groups excluding carboxylic acids is 1. The maximum Gasteiger partial charge on any atom is 0.230 e. The van der Waals surface area contributed by atoms with E-state index in [1.165, 1.54) is 23.1 Å². The Morgan fingerprint density at radius 2 is 1.96 bits per heavy atom. The van der Waals surface area contributed by atoms with Gasteiger partial charge in [-0.1, -0.05) is 53.4 Å². The van der Waals surface area contributed by atoms with Crippen molar-refractivity contribution in [1.82, 2.24) is 15.5 Å². The summed E-state index contributed by atoms with van der Waals surface area (Å²) in [7, 11) is 0. The highest BCUT2D eigenvalue weighted by Gasteiger charge is 2.08. The molecular formula is C15H18ClN3O2S3. The molecular weight excluding hydrogens is 386 g/mol. The average Bonchev–Trinajstić information content (AvgIpc) is 3.04. The molecule has 2 rings (SSSR count). The number of ether oxygens (including phenoxy) is 1. The Balaban J connectivity index is 1.64. The van der Waals surface area contributed by atoms with Crippen molar-refractivity contribution in [2.45, 2.75) is 22.0 Å². The van der Waals surface area contributed by atoms with Crippen LogP contribution >= 0.6 is 46.5 Å². The number of amides is 1. The van der Waals surface area contributed by atoms with Gasteiger partial charge >= 0.3 is 0 Å². The summed E-state index contributed by atoms with van der Waals surface area (Å²) in [4.78, 5) is 11.5. The summed E-state index contributed by atoms with van der Waals surface area (Å²) in [5.74, 6) is 1.98. The average molecular weight is 404 g/mol. The Kier molecular flexibility index (Phi) is 8.72. The molecule has 130 valence electrons. The van der Waals surface area contributed by atoms with E-state index >= 15 is 0 Å². The zero-order valence-electron chi connectivity index (χ0n) is 13.2. The minimum Gasteiger partial charge on any atom is -0.493 e. The molecule has 0 aliphatic heterocycles. The van der Waals surface area contributed by atoms with Crippen LogP contribution in [0, 0.1) is 0 Å². The zero-order chi connectivity index (χ0) is 17.2. The Morgan fingerprint density at radius 3 is 2.67 bits per heavy atom. The van der Waals surface area contributed by atoms with E-state index in [1.54, 1.807) is 23.9 Å². The molecule has 5 nitrogen and oxygen atoms in total. The molecule has 1 N–H and O–H groups in total. The summed E-state index contributed by atoms with van der Waals surface area (Å²) < 4.78 is 7.31. The fourth-order valence-corrected chi connectivity index (χ4v) is 4.44. The first-order valence-electron chi connectivity index (χ1n) is 7.41. The summed E-state index contributed by atoms with van der Waals surface area (Å²) in [6.07, 6.45) is 0.939. The quantitative estimate of drug-likeness (QED) is 0.478. The number of benzene rings is 1. The van der Waals surface area contributed by atoms with Crippen LogP contribution in [-0.4, -0.2) is 40.8 Å². The number of rotatable bonds is 10. The van der Waals surface area contributed by atoms with Gasteiger partial charge in [0.2, 0.25) is 5.91 Å². The van der Waals surface area contributed by atoms with Crippen molar-refractivity contribution in [3.05, 3.63) is 29.3 Å². The third-order valence-electron chi connectivity index (χ3n) is 2.68. The minimum atomic E-state index is 0.0302. The van der Waals surface area contributed by atoms with Crippen LogP contribution in [0.5, 0.6) is 5.75 Å². The van der Waals surface area contributed by atoms with E-state index in [4.69, 9.17) is 16.3 Å². The molecule has 1 amide bonds. The summed E-state index contributed by atoms with van der Waals surface area (Å²) in [6, 6.07) is 7.29. The van der Waals surface area contributed by atoms with Crippen molar-refractivity contribution in [1.29, 1.82) is 0 Å². The minimum absolute atomic E-state index is 0.0302. The van der Waals surface area contributed by atoms with Crippen molar-refractivity contribution in [3.8, 4) is 5.75 Å². The van der Waals surface area contributed by atoms with Crippen molar-refractivity contribution < 1.29 is 9.53 Å². The number of hydrogen-bond acceptors (Lipinski definition) is 7. The predicted octanol–water partition coefficient (Wildman–Crippen LogP) is 3.98. The zero-order valence-corrected chi connectivity index (χ0v) is 16.4. The van der Waals surface area contributed by atoms with E-state index in [-0.39, 0.29) is 5.91 Å². The van der Waals surface area contributed by atoms with Crippen LogP contribution in [0.4, 0.5) is 0 Å².